The van der Waals surface area contributed by atoms with Gasteiger partial charge in [0.05, 0.1) is 26.0 Å². The molecule has 2 aromatic carbocycles. The van der Waals surface area contributed by atoms with Crippen LogP contribution in [0.5, 0.6) is 11.5 Å². The van der Waals surface area contributed by atoms with E-state index < -0.39 is 0 Å². The predicted molar refractivity (Wildman–Crippen MR) is 109 cm³/mol. The summed E-state index contributed by atoms with van der Waals surface area (Å²) in [6.45, 7) is 0.940. The van der Waals surface area contributed by atoms with Crippen molar-refractivity contribution in [2.75, 3.05) is 26.1 Å². The highest BCUT2D eigenvalue weighted by Gasteiger charge is 2.40. The molecule has 2 atom stereocenters. The van der Waals surface area contributed by atoms with Gasteiger partial charge in [-0.25, -0.2) is 0 Å². The number of anilines is 1. The Bertz CT molecular complexity index is 1010. The zero-order chi connectivity index (χ0) is 19.1. The molecule has 1 N–H and O–H groups in total. The first-order valence-corrected chi connectivity index (χ1v) is 9.57. The lowest BCUT2D eigenvalue weighted by Gasteiger charge is -2.47. The Morgan fingerprint density at radius 2 is 1.75 bits per heavy atom. The number of ether oxygens (including phenoxy) is 2. The van der Waals surface area contributed by atoms with Crippen LogP contribution in [0.25, 0.3) is 0 Å². The molecule has 0 saturated heterocycles. The molecule has 0 aliphatic carbocycles. The van der Waals surface area contributed by atoms with E-state index in [0.29, 0.717) is 0 Å². The fourth-order valence-electron chi connectivity index (χ4n) is 4.47. The minimum absolute atomic E-state index is 0.0300. The molecule has 0 amide bonds. The third-order valence-electron chi connectivity index (χ3n) is 5.76. The van der Waals surface area contributed by atoms with Crippen LogP contribution in [0.1, 0.15) is 34.6 Å². The summed E-state index contributed by atoms with van der Waals surface area (Å²) in [5, 5.41) is 3.70. The fourth-order valence-corrected chi connectivity index (χ4v) is 4.47. The SMILES string of the molecule is COc1cc2c(cc1OC)[C@@H]1c3ccccc3N[C@H](c3ccccn3)N1CC2. The van der Waals surface area contributed by atoms with Crippen molar-refractivity contribution in [1.29, 1.82) is 0 Å². The lowest BCUT2D eigenvalue weighted by molar-refractivity contribution is 0.150. The molecular weight excluding hydrogens is 350 g/mol. The van der Waals surface area contributed by atoms with E-state index in [2.05, 4.69) is 57.7 Å². The molecule has 3 heterocycles. The number of pyridine rings is 1. The number of para-hydroxylation sites is 1. The number of nitrogens with zero attached hydrogens (tertiary/aromatic N) is 2. The standard InChI is InChI=1S/C23H23N3O2/c1-27-20-13-15-10-12-26-22(17(15)14-21(20)28-2)16-7-3-4-8-18(16)25-23(26)19-9-5-6-11-24-19/h3-9,11,13-14,22-23,25H,10,12H2,1-2H3/t22-,23-/m0/s1. The van der Waals surface area contributed by atoms with Crippen LogP contribution >= 0.6 is 0 Å². The summed E-state index contributed by atoms with van der Waals surface area (Å²) in [4.78, 5) is 7.13. The van der Waals surface area contributed by atoms with Gasteiger partial charge in [0.25, 0.3) is 0 Å². The average Bonchev–Trinajstić information content (AvgIpc) is 2.77. The number of hydrogen-bond donors (Lipinski definition) is 1. The van der Waals surface area contributed by atoms with Crippen molar-refractivity contribution in [2.24, 2.45) is 0 Å². The van der Waals surface area contributed by atoms with Crippen LogP contribution in [-0.4, -0.2) is 30.6 Å². The Morgan fingerprint density at radius 3 is 2.54 bits per heavy atom. The van der Waals surface area contributed by atoms with Gasteiger partial charge >= 0.3 is 0 Å². The summed E-state index contributed by atoms with van der Waals surface area (Å²) < 4.78 is 11.1. The molecule has 0 unspecified atom stereocenters. The Hall–Kier alpha value is -3.05. The zero-order valence-corrected chi connectivity index (χ0v) is 16.1. The van der Waals surface area contributed by atoms with Gasteiger partial charge in [0.15, 0.2) is 11.5 Å². The monoisotopic (exact) mass is 373 g/mol. The number of fused-ring (bicyclic) bond motifs is 5. The molecule has 1 aromatic heterocycles. The van der Waals surface area contributed by atoms with Crippen LogP contribution in [-0.2, 0) is 6.42 Å². The average molecular weight is 373 g/mol. The maximum atomic E-state index is 5.61. The van der Waals surface area contributed by atoms with Crippen LogP contribution in [0.15, 0.2) is 60.8 Å². The van der Waals surface area contributed by atoms with E-state index >= 15 is 0 Å². The number of methoxy groups -OCH3 is 2. The molecule has 0 fully saturated rings. The minimum Gasteiger partial charge on any atom is -0.493 e. The minimum atomic E-state index is 0.0300. The second-order valence-electron chi connectivity index (χ2n) is 7.19. The van der Waals surface area contributed by atoms with Gasteiger partial charge < -0.3 is 14.8 Å². The molecule has 2 aliphatic rings. The van der Waals surface area contributed by atoms with Crippen molar-refractivity contribution in [2.45, 2.75) is 18.6 Å². The van der Waals surface area contributed by atoms with E-state index in [1.54, 1.807) is 14.2 Å². The first-order valence-electron chi connectivity index (χ1n) is 9.57. The molecule has 2 aliphatic heterocycles. The van der Waals surface area contributed by atoms with Crippen molar-refractivity contribution in [3.63, 3.8) is 0 Å². The maximum absolute atomic E-state index is 5.61. The number of rotatable bonds is 3. The highest BCUT2D eigenvalue weighted by atomic mass is 16.5. The summed E-state index contributed by atoms with van der Waals surface area (Å²) in [7, 11) is 3.38. The Balaban J connectivity index is 1.69. The molecule has 142 valence electrons. The summed E-state index contributed by atoms with van der Waals surface area (Å²) in [6, 6.07) is 19.1. The lowest BCUT2D eigenvalue weighted by Crippen LogP contribution is -2.45. The lowest BCUT2D eigenvalue weighted by atomic mass is 9.84. The van der Waals surface area contributed by atoms with Crippen molar-refractivity contribution < 1.29 is 9.47 Å². The topological polar surface area (TPSA) is 46.6 Å². The zero-order valence-electron chi connectivity index (χ0n) is 16.1. The third kappa shape index (κ3) is 2.62. The highest BCUT2D eigenvalue weighted by molar-refractivity contribution is 5.61. The Labute approximate surface area is 164 Å². The van der Waals surface area contributed by atoms with E-state index in [1.807, 2.05) is 18.3 Å². The van der Waals surface area contributed by atoms with Gasteiger partial charge in [0.2, 0.25) is 0 Å². The van der Waals surface area contributed by atoms with E-state index in [9.17, 15) is 0 Å². The van der Waals surface area contributed by atoms with E-state index in [1.165, 1.54) is 16.7 Å². The molecule has 0 radical (unpaired) electrons. The molecule has 28 heavy (non-hydrogen) atoms. The fraction of sp³-hybridized carbons (Fsp3) is 0.261. The molecule has 5 rings (SSSR count). The van der Waals surface area contributed by atoms with Gasteiger partial charge in [0, 0.05) is 18.4 Å². The number of benzene rings is 2. The summed E-state index contributed by atoms with van der Waals surface area (Å²) >= 11 is 0. The van der Waals surface area contributed by atoms with Gasteiger partial charge in [-0.2, -0.15) is 0 Å². The van der Waals surface area contributed by atoms with Crippen molar-refractivity contribution in [1.82, 2.24) is 9.88 Å². The van der Waals surface area contributed by atoms with Gasteiger partial charge in [0.1, 0.15) is 6.17 Å². The van der Waals surface area contributed by atoms with Gasteiger partial charge in [-0.1, -0.05) is 24.3 Å². The molecular formula is C23H23N3O2. The van der Waals surface area contributed by atoms with Crippen molar-refractivity contribution in [3.05, 3.63) is 83.2 Å². The first kappa shape index (κ1) is 17.1. The normalized spacial score (nSPS) is 20.4. The molecule has 5 heteroatoms. The van der Waals surface area contributed by atoms with Crippen LogP contribution in [0, 0.1) is 0 Å². The van der Waals surface area contributed by atoms with E-state index in [-0.39, 0.29) is 12.2 Å². The van der Waals surface area contributed by atoms with Gasteiger partial charge in [-0.05, 0) is 53.4 Å². The van der Waals surface area contributed by atoms with Crippen molar-refractivity contribution >= 4 is 5.69 Å². The molecule has 0 spiro atoms. The third-order valence-corrected chi connectivity index (χ3v) is 5.76. The van der Waals surface area contributed by atoms with Crippen LogP contribution in [0.2, 0.25) is 0 Å². The Kier molecular flexibility index (Phi) is 4.17. The molecule has 5 nitrogen and oxygen atoms in total. The summed E-state index contributed by atoms with van der Waals surface area (Å²) in [5.74, 6) is 1.56. The van der Waals surface area contributed by atoms with E-state index in [4.69, 9.17) is 9.47 Å². The van der Waals surface area contributed by atoms with Crippen LogP contribution < -0.4 is 14.8 Å². The maximum Gasteiger partial charge on any atom is 0.161 e. The largest absolute Gasteiger partial charge is 0.493 e. The van der Waals surface area contributed by atoms with Crippen LogP contribution in [0.3, 0.4) is 0 Å². The first-order chi connectivity index (χ1) is 13.8. The Morgan fingerprint density at radius 1 is 0.964 bits per heavy atom. The molecule has 3 aromatic rings. The smallest absolute Gasteiger partial charge is 0.161 e. The second-order valence-corrected chi connectivity index (χ2v) is 7.19. The number of aromatic nitrogens is 1. The number of hydrogen-bond acceptors (Lipinski definition) is 5. The van der Waals surface area contributed by atoms with E-state index in [0.717, 1.165) is 35.8 Å². The molecule has 0 saturated carbocycles. The highest BCUT2D eigenvalue weighted by Crippen LogP contribution is 2.48. The van der Waals surface area contributed by atoms with Gasteiger partial charge in [-0.3, -0.25) is 9.88 Å². The summed E-state index contributed by atoms with van der Waals surface area (Å²) in [6.07, 6.45) is 2.85. The second kappa shape index (κ2) is 6.84. The van der Waals surface area contributed by atoms with Gasteiger partial charge in [-0.15, -0.1) is 0 Å². The number of nitrogens with one attached hydrogen (secondary N) is 1. The van der Waals surface area contributed by atoms with Crippen molar-refractivity contribution in [3.8, 4) is 11.5 Å². The molecule has 0 bridgehead atoms. The predicted octanol–water partition coefficient (Wildman–Crippen LogP) is 4.17. The summed E-state index contributed by atoms with van der Waals surface area (Å²) in [5.41, 5.74) is 6.06. The quantitative estimate of drug-likeness (QED) is 0.747. The van der Waals surface area contributed by atoms with Crippen LogP contribution in [0.4, 0.5) is 5.69 Å².